The molecule has 0 aromatic heterocycles. The van der Waals surface area contributed by atoms with E-state index in [1.54, 1.807) is 30.1 Å². The van der Waals surface area contributed by atoms with Crippen molar-refractivity contribution in [3.05, 3.63) is 54.1 Å². The van der Waals surface area contributed by atoms with Crippen LogP contribution in [0.5, 0.6) is 5.75 Å². The van der Waals surface area contributed by atoms with E-state index in [2.05, 4.69) is 16.0 Å². The highest BCUT2D eigenvalue weighted by atomic mass is 16.5. The number of hydrogen-bond donors (Lipinski definition) is 3. The molecule has 0 spiro atoms. The molecule has 0 unspecified atom stereocenters. The Morgan fingerprint density at radius 3 is 2.57 bits per heavy atom. The third-order valence-corrected chi connectivity index (χ3v) is 6.16. The van der Waals surface area contributed by atoms with Crippen LogP contribution in [0.15, 0.2) is 48.5 Å². The average molecular weight is 481 g/mol. The molecule has 35 heavy (non-hydrogen) atoms. The summed E-state index contributed by atoms with van der Waals surface area (Å²) >= 11 is 0. The summed E-state index contributed by atoms with van der Waals surface area (Å²) in [5.74, 6) is 0.122. The van der Waals surface area contributed by atoms with Crippen molar-refractivity contribution in [1.82, 2.24) is 10.2 Å². The smallest absolute Gasteiger partial charge is 0.319 e. The van der Waals surface area contributed by atoms with E-state index in [1.807, 2.05) is 44.2 Å². The van der Waals surface area contributed by atoms with Crippen LogP contribution in [0.2, 0.25) is 0 Å². The largest absolute Gasteiger partial charge is 0.490 e. The number of ether oxygens (including phenoxy) is 2. The number of carbonyl (C=O) groups excluding carboxylic acids is 3. The van der Waals surface area contributed by atoms with Crippen molar-refractivity contribution in [2.75, 3.05) is 24.3 Å². The summed E-state index contributed by atoms with van der Waals surface area (Å²) in [5.41, 5.74) is 1.64. The number of amides is 4. The van der Waals surface area contributed by atoms with Crippen LogP contribution in [0.25, 0.3) is 0 Å². The van der Waals surface area contributed by atoms with Gasteiger partial charge in [0.05, 0.1) is 24.1 Å². The number of hydrogen-bond acceptors (Lipinski definition) is 5. The highest BCUT2D eigenvalue weighted by Crippen LogP contribution is 2.32. The van der Waals surface area contributed by atoms with Gasteiger partial charge in [0.15, 0.2) is 0 Å². The summed E-state index contributed by atoms with van der Waals surface area (Å²) < 4.78 is 12.2. The van der Waals surface area contributed by atoms with Gasteiger partial charge in [-0.2, -0.15) is 0 Å². The first-order chi connectivity index (χ1) is 16.8. The molecule has 9 heteroatoms. The number of nitrogens with one attached hydrogen (secondary N) is 3. The van der Waals surface area contributed by atoms with Crippen LogP contribution < -0.4 is 20.7 Å². The van der Waals surface area contributed by atoms with Crippen molar-refractivity contribution in [2.24, 2.45) is 0 Å². The molecule has 2 aromatic rings. The maximum atomic E-state index is 13.3. The number of anilines is 2. The van der Waals surface area contributed by atoms with E-state index in [0.717, 1.165) is 5.69 Å². The fraction of sp³-hybridized carbons (Fsp3) is 0.423. The average Bonchev–Trinajstić information content (AvgIpc) is 2.82. The number of rotatable bonds is 5. The van der Waals surface area contributed by atoms with Crippen molar-refractivity contribution in [3.63, 3.8) is 0 Å². The summed E-state index contributed by atoms with van der Waals surface area (Å²) in [6, 6.07) is 13.8. The maximum absolute atomic E-state index is 13.3. The first-order valence-corrected chi connectivity index (χ1v) is 11.9. The Morgan fingerprint density at radius 2 is 1.83 bits per heavy atom. The molecule has 186 valence electrons. The fourth-order valence-electron chi connectivity index (χ4n) is 4.47. The van der Waals surface area contributed by atoms with Gasteiger partial charge in [0.25, 0.3) is 5.91 Å². The standard InChI is InChI=1S/C26H32N4O5/c1-16(2)27-26(33)29-18-9-12-22-20(13-18)25(32)30(3)21-11-10-19(35-23(21)15-34-22)14-24(31)28-17-7-5-4-6-8-17/h4-9,12-13,16,19,21,23H,10-11,14-15H2,1-3H3,(H,28,31)(H2,27,29,33)/t19-,21+,23+/m0/s1. The van der Waals surface area contributed by atoms with E-state index in [1.165, 1.54) is 0 Å². The van der Waals surface area contributed by atoms with Crippen LogP contribution >= 0.6 is 0 Å². The number of para-hydroxylation sites is 1. The summed E-state index contributed by atoms with van der Waals surface area (Å²) in [6.45, 7) is 4.00. The lowest BCUT2D eigenvalue weighted by molar-refractivity contribution is -0.130. The van der Waals surface area contributed by atoms with Crippen LogP contribution in [-0.4, -0.2) is 60.7 Å². The number of nitrogens with zero attached hydrogens (tertiary/aromatic N) is 1. The molecule has 2 aliphatic heterocycles. The van der Waals surface area contributed by atoms with Crippen molar-refractivity contribution < 1.29 is 23.9 Å². The van der Waals surface area contributed by atoms with E-state index >= 15 is 0 Å². The zero-order chi connectivity index (χ0) is 24.9. The molecule has 3 N–H and O–H groups in total. The van der Waals surface area contributed by atoms with Crippen LogP contribution in [0.3, 0.4) is 0 Å². The molecule has 1 fully saturated rings. The molecule has 3 atom stereocenters. The molecule has 4 amide bonds. The van der Waals surface area contributed by atoms with Gasteiger partial charge in [-0.3, -0.25) is 9.59 Å². The van der Waals surface area contributed by atoms with Gasteiger partial charge < -0.3 is 30.3 Å². The third kappa shape index (κ3) is 6.10. The number of fused-ring (bicyclic) bond motifs is 2. The molecular formula is C26H32N4O5. The molecule has 0 bridgehead atoms. The molecule has 2 aromatic carbocycles. The SMILES string of the molecule is CC(C)NC(=O)Nc1ccc2c(c1)C(=O)N(C)[C@@H]1CC[C@@H](CC(=O)Nc3ccccc3)O[C@@H]1CO2. The van der Waals surface area contributed by atoms with Gasteiger partial charge >= 0.3 is 6.03 Å². The molecule has 4 rings (SSSR count). The number of likely N-dealkylation sites (N-methyl/N-ethyl adjacent to an activating group) is 1. The predicted octanol–water partition coefficient (Wildman–Crippen LogP) is 3.63. The van der Waals surface area contributed by atoms with Crippen molar-refractivity contribution in [2.45, 2.75) is 57.4 Å². The molecule has 0 radical (unpaired) electrons. The molecule has 1 saturated heterocycles. The van der Waals surface area contributed by atoms with Gasteiger partial charge in [-0.05, 0) is 57.0 Å². The topological polar surface area (TPSA) is 109 Å². The first-order valence-electron chi connectivity index (χ1n) is 11.9. The first kappa shape index (κ1) is 24.5. The highest BCUT2D eigenvalue weighted by molar-refractivity contribution is 5.99. The summed E-state index contributed by atoms with van der Waals surface area (Å²) in [7, 11) is 1.76. The fourth-order valence-corrected chi connectivity index (χ4v) is 4.47. The van der Waals surface area contributed by atoms with Crippen molar-refractivity contribution in [3.8, 4) is 5.75 Å². The Balaban J connectivity index is 1.42. The summed E-state index contributed by atoms with van der Waals surface area (Å²) in [5, 5.41) is 8.41. The van der Waals surface area contributed by atoms with E-state index in [9.17, 15) is 14.4 Å². The number of benzene rings is 2. The van der Waals surface area contributed by atoms with Crippen LogP contribution in [0, 0.1) is 0 Å². The second kappa shape index (κ2) is 10.8. The van der Waals surface area contributed by atoms with Gasteiger partial charge in [-0.25, -0.2) is 4.79 Å². The van der Waals surface area contributed by atoms with Gasteiger partial charge in [0.2, 0.25) is 5.91 Å². The predicted molar refractivity (Wildman–Crippen MR) is 133 cm³/mol. The normalized spacial score (nSPS) is 21.7. The van der Waals surface area contributed by atoms with Crippen LogP contribution in [-0.2, 0) is 9.53 Å². The van der Waals surface area contributed by atoms with Gasteiger partial charge in [-0.1, -0.05) is 18.2 Å². The van der Waals surface area contributed by atoms with Gasteiger partial charge in [0, 0.05) is 24.5 Å². The highest BCUT2D eigenvalue weighted by Gasteiger charge is 2.39. The maximum Gasteiger partial charge on any atom is 0.319 e. The Morgan fingerprint density at radius 1 is 1.06 bits per heavy atom. The molecule has 0 aliphatic carbocycles. The van der Waals surface area contributed by atoms with Gasteiger partial charge in [0.1, 0.15) is 18.5 Å². The number of carbonyl (C=O) groups is 3. The lowest BCUT2D eigenvalue weighted by atomic mass is 9.94. The quantitative estimate of drug-likeness (QED) is 0.606. The minimum atomic E-state index is -0.352. The summed E-state index contributed by atoms with van der Waals surface area (Å²) in [4.78, 5) is 39.6. The Hall–Kier alpha value is -3.59. The monoisotopic (exact) mass is 480 g/mol. The molecule has 2 aliphatic rings. The van der Waals surface area contributed by atoms with E-state index < -0.39 is 0 Å². The minimum absolute atomic E-state index is 0.00749. The lowest BCUT2D eigenvalue weighted by Gasteiger charge is -2.42. The second-order valence-electron chi connectivity index (χ2n) is 9.25. The van der Waals surface area contributed by atoms with Crippen molar-refractivity contribution in [1.29, 1.82) is 0 Å². The zero-order valence-corrected chi connectivity index (χ0v) is 20.2. The molecule has 0 saturated carbocycles. The van der Waals surface area contributed by atoms with Gasteiger partial charge in [-0.15, -0.1) is 0 Å². The van der Waals surface area contributed by atoms with E-state index in [0.29, 0.717) is 29.8 Å². The van der Waals surface area contributed by atoms with E-state index in [4.69, 9.17) is 9.47 Å². The summed E-state index contributed by atoms with van der Waals surface area (Å²) in [6.07, 6.45) is 0.987. The molecule has 9 nitrogen and oxygen atoms in total. The molecule has 2 heterocycles. The third-order valence-electron chi connectivity index (χ3n) is 6.16. The zero-order valence-electron chi connectivity index (χ0n) is 20.2. The van der Waals surface area contributed by atoms with Crippen molar-refractivity contribution >= 4 is 29.2 Å². The van der Waals surface area contributed by atoms with E-state index in [-0.39, 0.29) is 55.2 Å². The Bertz CT molecular complexity index is 1070. The Kier molecular flexibility index (Phi) is 7.55. The second-order valence-corrected chi connectivity index (χ2v) is 9.25. The minimum Gasteiger partial charge on any atom is -0.490 e. The van der Waals surface area contributed by atoms with Crippen LogP contribution in [0.4, 0.5) is 16.2 Å². The van der Waals surface area contributed by atoms with Crippen LogP contribution in [0.1, 0.15) is 43.5 Å². The lowest BCUT2D eigenvalue weighted by Crippen LogP contribution is -2.53. The Labute approximate surface area is 205 Å². The number of urea groups is 1. The molecular weight excluding hydrogens is 448 g/mol.